The molecular formula is C20H35IN4O. The number of ether oxygens (including phenoxy) is 1. The minimum absolute atomic E-state index is 0. The van der Waals surface area contributed by atoms with Crippen molar-refractivity contribution in [3.05, 3.63) is 29.8 Å². The van der Waals surface area contributed by atoms with Gasteiger partial charge in [0.25, 0.3) is 0 Å². The number of hydrogen-bond acceptors (Lipinski definition) is 3. The summed E-state index contributed by atoms with van der Waals surface area (Å²) in [4.78, 5) is 7.00. The fraction of sp³-hybridized carbons (Fsp3) is 0.650. The lowest BCUT2D eigenvalue weighted by molar-refractivity contribution is 0.213. The van der Waals surface area contributed by atoms with Gasteiger partial charge in [-0.05, 0) is 56.0 Å². The second-order valence-corrected chi connectivity index (χ2v) is 7.18. The van der Waals surface area contributed by atoms with Crippen molar-refractivity contribution in [3.63, 3.8) is 0 Å². The Hall–Kier alpha value is -1.02. The Balaban J connectivity index is 0.00000338. The molecule has 5 nitrogen and oxygen atoms in total. The van der Waals surface area contributed by atoms with Gasteiger partial charge in [-0.2, -0.15) is 0 Å². The number of nitrogens with one attached hydrogen (secondary N) is 2. The smallest absolute Gasteiger partial charge is 0.191 e. The molecule has 0 bridgehead atoms. The van der Waals surface area contributed by atoms with Crippen molar-refractivity contribution in [3.8, 4) is 5.75 Å². The van der Waals surface area contributed by atoms with Crippen LogP contribution in [0.2, 0.25) is 0 Å². The summed E-state index contributed by atoms with van der Waals surface area (Å²) in [5.41, 5.74) is 1.18. The molecule has 1 aliphatic heterocycles. The third-order valence-corrected chi connectivity index (χ3v) is 4.72. The molecule has 1 aromatic rings. The first-order chi connectivity index (χ1) is 12.1. The van der Waals surface area contributed by atoms with Crippen LogP contribution in [0.4, 0.5) is 0 Å². The third-order valence-electron chi connectivity index (χ3n) is 4.72. The van der Waals surface area contributed by atoms with Crippen LogP contribution in [0.3, 0.4) is 0 Å². The van der Waals surface area contributed by atoms with Crippen LogP contribution in [0.15, 0.2) is 29.3 Å². The van der Waals surface area contributed by atoms with Crippen molar-refractivity contribution in [1.82, 2.24) is 15.5 Å². The molecule has 1 unspecified atom stereocenters. The molecule has 26 heavy (non-hydrogen) atoms. The first kappa shape index (κ1) is 23.0. The predicted octanol–water partition coefficient (Wildman–Crippen LogP) is 3.49. The number of benzene rings is 1. The molecule has 6 heteroatoms. The van der Waals surface area contributed by atoms with Gasteiger partial charge in [0, 0.05) is 26.2 Å². The van der Waals surface area contributed by atoms with Crippen molar-refractivity contribution in [1.29, 1.82) is 0 Å². The van der Waals surface area contributed by atoms with E-state index in [-0.39, 0.29) is 24.0 Å². The number of aliphatic imine (C=N–C) groups is 1. The van der Waals surface area contributed by atoms with E-state index in [4.69, 9.17) is 4.74 Å². The molecule has 1 fully saturated rings. The molecule has 148 valence electrons. The average molecular weight is 474 g/mol. The molecule has 0 saturated carbocycles. The zero-order valence-electron chi connectivity index (χ0n) is 16.6. The standard InChI is InChI=1S/C20H34N4O.HI/c1-16(2)12-18(24-10-5-6-11-24)15-23-20(21-3)22-14-17-8-7-9-19(13-17)25-4;/h7-9,13,16,18H,5-6,10-12,14-15H2,1-4H3,(H2,21,22,23);1H. The number of hydrogen-bond donors (Lipinski definition) is 2. The van der Waals surface area contributed by atoms with Gasteiger partial charge in [-0.25, -0.2) is 0 Å². The van der Waals surface area contributed by atoms with E-state index in [2.05, 4.69) is 40.4 Å². The summed E-state index contributed by atoms with van der Waals surface area (Å²) in [7, 11) is 3.52. The van der Waals surface area contributed by atoms with E-state index in [1.165, 1.54) is 37.9 Å². The van der Waals surface area contributed by atoms with Crippen molar-refractivity contribution >= 4 is 29.9 Å². The third kappa shape index (κ3) is 7.70. The molecule has 1 saturated heterocycles. The molecule has 0 spiro atoms. The van der Waals surface area contributed by atoms with Crippen LogP contribution in [0.1, 0.15) is 38.7 Å². The van der Waals surface area contributed by atoms with Gasteiger partial charge in [0.15, 0.2) is 5.96 Å². The molecule has 2 N–H and O–H groups in total. The van der Waals surface area contributed by atoms with Crippen LogP contribution in [-0.2, 0) is 6.54 Å². The van der Waals surface area contributed by atoms with E-state index in [0.29, 0.717) is 12.0 Å². The Bertz CT molecular complexity index is 544. The SMILES string of the molecule is CN=C(NCc1cccc(OC)c1)NCC(CC(C)C)N1CCCC1.I. The number of methoxy groups -OCH3 is 1. The summed E-state index contributed by atoms with van der Waals surface area (Å²) in [6.45, 7) is 8.74. The van der Waals surface area contributed by atoms with Gasteiger partial charge in [-0.15, -0.1) is 24.0 Å². The molecule has 0 aromatic heterocycles. The van der Waals surface area contributed by atoms with Crippen molar-refractivity contribution < 1.29 is 4.74 Å². The van der Waals surface area contributed by atoms with Gasteiger partial charge >= 0.3 is 0 Å². The molecular weight excluding hydrogens is 439 g/mol. The predicted molar refractivity (Wildman–Crippen MR) is 121 cm³/mol. The number of rotatable bonds is 8. The van der Waals surface area contributed by atoms with Crippen LogP contribution in [-0.4, -0.2) is 50.7 Å². The Morgan fingerprint density at radius 1 is 1.23 bits per heavy atom. The van der Waals surface area contributed by atoms with Gasteiger partial charge in [0.05, 0.1) is 7.11 Å². The molecule has 1 heterocycles. The molecule has 0 aliphatic carbocycles. The van der Waals surface area contributed by atoms with Gasteiger partial charge in [0.1, 0.15) is 5.75 Å². The van der Waals surface area contributed by atoms with Crippen LogP contribution < -0.4 is 15.4 Å². The summed E-state index contributed by atoms with van der Waals surface area (Å²) in [6.07, 6.45) is 3.88. The molecule has 1 aliphatic rings. The number of likely N-dealkylation sites (tertiary alicyclic amines) is 1. The van der Waals surface area contributed by atoms with E-state index in [0.717, 1.165) is 24.8 Å². The molecule has 0 amide bonds. The van der Waals surface area contributed by atoms with E-state index < -0.39 is 0 Å². The Morgan fingerprint density at radius 3 is 2.58 bits per heavy atom. The lowest BCUT2D eigenvalue weighted by Crippen LogP contribution is -2.46. The average Bonchev–Trinajstić information content (AvgIpc) is 3.15. The van der Waals surface area contributed by atoms with Crippen molar-refractivity contribution in [2.24, 2.45) is 10.9 Å². The molecule has 2 rings (SSSR count). The Labute approximate surface area is 176 Å². The minimum Gasteiger partial charge on any atom is -0.497 e. The van der Waals surface area contributed by atoms with Crippen molar-refractivity contribution in [2.75, 3.05) is 33.8 Å². The van der Waals surface area contributed by atoms with Gasteiger partial charge in [0.2, 0.25) is 0 Å². The summed E-state index contributed by atoms with van der Waals surface area (Å²) in [6, 6.07) is 8.69. The maximum atomic E-state index is 5.28. The van der Waals surface area contributed by atoms with Crippen LogP contribution in [0.25, 0.3) is 0 Å². The summed E-state index contributed by atoms with van der Waals surface area (Å²) >= 11 is 0. The number of nitrogens with zero attached hydrogens (tertiary/aromatic N) is 2. The molecule has 0 radical (unpaired) electrons. The highest BCUT2D eigenvalue weighted by Crippen LogP contribution is 2.17. The second kappa shape index (κ2) is 12.4. The fourth-order valence-corrected chi connectivity index (χ4v) is 3.42. The van der Waals surface area contributed by atoms with Crippen molar-refractivity contribution in [2.45, 2.75) is 45.7 Å². The molecule has 1 atom stereocenters. The quantitative estimate of drug-likeness (QED) is 0.344. The maximum Gasteiger partial charge on any atom is 0.191 e. The summed E-state index contributed by atoms with van der Waals surface area (Å²) in [5, 5.41) is 6.92. The Morgan fingerprint density at radius 2 is 1.96 bits per heavy atom. The summed E-state index contributed by atoms with van der Waals surface area (Å²) < 4.78 is 5.28. The normalized spacial score (nSPS) is 16.3. The highest BCUT2D eigenvalue weighted by Gasteiger charge is 2.22. The first-order valence-electron chi connectivity index (χ1n) is 9.44. The number of halogens is 1. The topological polar surface area (TPSA) is 48.9 Å². The number of guanidine groups is 1. The maximum absolute atomic E-state index is 5.28. The minimum atomic E-state index is 0. The van der Waals surface area contributed by atoms with Gasteiger partial charge < -0.3 is 15.4 Å². The largest absolute Gasteiger partial charge is 0.497 e. The van der Waals surface area contributed by atoms with Crippen LogP contribution >= 0.6 is 24.0 Å². The highest BCUT2D eigenvalue weighted by atomic mass is 127. The first-order valence-corrected chi connectivity index (χ1v) is 9.44. The van der Waals surface area contributed by atoms with Crippen LogP contribution in [0, 0.1) is 5.92 Å². The second-order valence-electron chi connectivity index (χ2n) is 7.18. The lowest BCUT2D eigenvalue weighted by Gasteiger charge is -2.29. The van der Waals surface area contributed by atoms with Gasteiger partial charge in [-0.1, -0.05) is 26.0 Å². The van der Waals surface area contributed by atoms with Gasteiger partial charge in [-0.3, -0.25) is 9.89 Å². The monoisotopic (exact) mass is 474 g/mol. The van der Waals surface area contributed by atoms with E-state index in [9.17, 15) is 0 Å². The van der Waals surface area contributed by atoms with E-state index in [1.54, 1.807) is 7.11 Å². The Kier molecular flexibility index (Phi) is 11.0. The highest BCUT2D eigenvalue weighted by molar-refractivity contribution is 14.0. The van der Waals surface area contributed by atoms with E-state index in [1.807, 2.05) is 25.2 Å². The zero-order chi connectivity index (χ0) is 18.1. The lowest BCUT2D eigenvalue weighted by atomic mass is 10.0. The van der Waals surface area contributed by atoms with Crippen LogP contribution in [0.5, 0.6) is 5.75 Å². The summed E-state index contributed by atoms with van der Waals surface area (Å²) in [5.74, 6) is 2.45. The molecule has 1 aromatic carbocycles. The van der Waals surface area contributed by atoms with E-state index >= 15 is 0 Å². The zero-order valence-corrected chi connectivity index (χ0v) is 19.0. The fourth-order valence-electron chi connectivity index (χ4n) is 3.42.